The topological polar surface area (TPSA) is 70.6 Å². The van der Waals surface area contributed by atoms with Crippen LogP contribution >= 0.6 is 0 Å². The molecule has 2 aliphatic rings. The van der Waals surface area contributed by atoms with Gasteiger partial charge in [-0.15, -0.1) is 0 Å². The smallest absolute Gasteiger partial charge is 0.254 e. The molecule has 0 atom stereocenters. The number of allylic oxidation sites excluding steroid dienone is 1. The Labute approximate surface area is 201 Å². The zero-order valence-electron chi connectivity index (χ0n) is 19.6. The van der Waals surface area contributed by atoms with Crippen LogP contribution in [0.1, 0.15) is 46.4 Å². The largest absolute Gasteiger partial charge is 0.338 e. The van der Waals surface area contributed by atoms with Gasteiger partial charge in [-0.3, -0.25) is 4.79 Å². The predicted octanol–water partition coefficient (Wildman–Crippen LogP) is 4.22. The highest BCUT2D eigenvalue weighted by Gasteiger charge is 2.33. The molecule has 0 spiro atoms. The third kappa shape index (κ3) is 4.26. The molecule has 34 heavy (non-hydrogen) atoms. The number of pyridine rings is 1. The van der Waals surface area contributed by atoms with Gasteiger partial charge in [-0.2, -0.15) is 0 Å². The molecule has 5 rings (SSSR count). The molecule has 1 amide bonds. The molecule has 7 heteroatoms. The lowest BCUT2D eigenvalue weighted by molar-refractivity contribution is 0.0687. The minimum absolute atomic E-state index is 0.0243. The molecule has 1 aliphatic heterocycles. The van der Waals surface area contributed by atoms with Crippen LogP contribution in [0, 0.1) is 0 Å². The van der Waals surface area contributed by atoms with E-state index in [1.54, 1.807) is 7.05 Å². The number of hydrogen-bond donors (Lipinski definition) is 0. The van der Waals surface area contributed by atoms with Gasteiger partial charge in [0, 0.05) is 31.6 Å². The molecule has 6 nitrogen and oxygen atoms in total. The Morgan fingerprint density at radius 3 is 2.41 bits per heavy atom. The minimum Gasteiger partial charge on any atom is -0.338 e. The van der Waals surface area contributed by atoms with Gasteiger partial charge in [-0.1, -0.05) is 48.5 Å². The van der Waals surface area contributed by atoms with E-state index in [4.69, 9.17) is 4.98 Å². The van der Waals surface area contributed by atoms with Crippen molar-refractivity contribution in [3.05, 3.63) is 77.0 Å². The molecule has 2 aromatic carbocycles. The van der Waals surface area contributed by atoms with E-state index < -0.39 is 10.0 Å². The molecule has 2 heterocycles. The predicted molar refractivity (Wildman–Crippen MR) is 136 cm³/mol. The first-order valence-corrected chi connectivity index (χ1v) is 13.6. The third-order valence-corrected chi connectivity index (χ3v) is 8.43. The van der Waals surface area contributed by atoms with Crippen molar-refractivity contribution in [2.45, 2.75) is 31.7 Å². The monoisotopic (exact) mass is 475 g/mol. The summed E-state index contributed by atoms with van der Waals surface area (Å²) in [5.41, 5.74) is 5.84. The summed E-state index contributed by atoms with van der Waals surface area (Å²) in [6.07, 6.45) is 6.33. The fourth-order valence-electron chi connectivity index (χ4n) is 5.14. The number of carbonyl (C=O) groups excluding carboxylic acids is 1. The standard InChI is InChI=1S/C27H29N3O3S/c1-29(34(2,32)33)21-14-16-30(17-15-21)27(31)25-22-10-6-7-11-24(22)28-26-20(12-13-23(25)26)18-19-8-4-3-5-9-19/h3-11,18,21H,12-17H2,1-2H3/b20-18-. The Kier molecular flexibility index (Phi) is 6.00. The average Bonchev–Trinajstić information content (AvgIpc) is 3.23. The summed E-state index contributed by atoms with van der Waals surface area (Å²) in [6, 6.07) is 18.0. The van der Waals surface area contributed by atoms with Crippen LogP contribution in [0.25, 0.3) is 22.6 Å². The number of rotatable bonds is 4. The Balaban J connectivity index is 1.50. The number of benzene rings is 2. The number of likely N-dealkylation sites (tertiary alicyclic amines) is 1. The highest BCUT2D eigenvalue weighted by molar-refractivity contribution is 7.88. The van der Waals surface area contributed by atoms with Gasteiger partial charge in [0.25, 0.3) is 5.91 Å². The van der Waals surface area contributed by atoms with Crippen molar-refractivity contribution in [1.82, 2.24) is 14.2 Å². The van der Waals surface area contributed by atoms with E-state index >= 15 is 0 Å². The van der Waals surface area contributed by atoms with E-state index in [1.165, 1.54) is 10.6 Å². The maximum Gasteiger partial charge on any atom is 0.254 e. The first-order valence-electron chi connectivity index (χ1n) is 11.7. The maximum atomic E-state index is 13.9. The van der Waals surface area contributed by atoms with Gasteiger partial charge < -0.3 is 4.90 Å². The molecule has 3 aromatic rings. The summed E-state index contributed by atoms with van der Waals surface area (Å²) in [4.78, 5) is 20.7. The summed E-state index contributed by atoms with van der Waals surface area (Å²) in [5, 5.41) is 0.891. The average molecular weight is 476 g/mol. The number of fused-ring (bicyclic) bond motifs is 2. The molecule has 0 unspecified atom stereocenters. The summed E-state index contributed by atoms with van der Waals surface area (Å²) in [6.45, 7) is 1.09. The van der Waals surface area contributed by atoms with Crippen molar-refractivity contribution in [2.24, 2.45) is 0 Å². The van der Waals surface area contributed by atoms with E-state index in [9.17, 15) is 13.2 Å². The van der Waals surface area contributed by atoms with E-state index in [1.807, 2.05) is 47.4 Å². The Morgan fingerprint density at radius 2 is 1.71 bits per heavy atom. The van der Waals surface area contributed by atoms with Crippen LogP contribution in [0.4, 0.5) is 0 Å². The number of amides is 1. The summed E-state index contributed by atoms with van der Waals surface area (Å²) in [5.74, 6) is 0.0243. The van der Waals surface area contributed by atoms with Crippen LogP contribution in [-0.4, -0.2) is 60.9 Å². The summed E-state index contributed by atoms with van der Waals surface area (Å²) < 4.78 is 25.3. The minimum atomic E-state index is -3.25. The lowest BCUT2D eigenvalue weighted by Gasteiger charge is -2.36. The van der Waals surface area contributed by atoms with Gasteiger partial charge in [0.15, 0.2) is 0 Å². The summed E-state index contributed by atoms with van der Waals surface area (Å²) in [7, 11) is -1.62. The van der Waals surface area contributed by atoms with Crippen molar-refractivity contribution in [1.29, 1.82) is 0 Å². The normalized spacial score (nSPS) is 18.1. The van der Waals surface area contributed by atoms with Gasteiger partial charge in [0.05, 0.1) is 23.0 Å². The number of para-hydroxylation sites is 1. The molecule has 1 aromatic heterocycles. The number of carbonyl (C=O) groups is 1. The first-order chi connectivity index (χ1) is 16.3. The SMILES string of the molecule is CN(C1CCN(C(=O)c2c3c(nc4ccccc24)/C(=C\c2ccccc2)CC3)CC1)S(C)(=O)=O. The van der Waals surface area contributed by atoms with Crippen LogP contribution in [0.5, 0.6) is 0 Å². The lowest BCUT2D eigenvalue weighted by atomic mass is 9.97. The molecule has 0 bridgehead atoms. The molecular formula is C27H29N3O3S. The molecule has 176 valence electrons. The molecule has 1 saturated heterocycles. The Bertz CT molecular complexity index is 1380. The number of sulfonamides is 1. The molecule has 0 N–H and O–H groups in total. The van der Waals surface area contributed by atoms with Crippen LogP contribution in [0.3, 0.4) is 0 Å². The first kappa shape index (κ1) is 22.7. The van der Waals surface area contributed by atoms with E-state index in [2.05, 4.69) is 18.2 Å². The molecular weight excluding hydrogens is 446 g/mol. The zero-order valence-corrected chi connectivity index (χ0v) is 20.4. The van der Waals surface area contributed by atoms with Gasteiger partial charge in [0.1, 0.15) is 0 Å². The zero-order chi connectivity index (χ0) is 23.9. The van der Waals surface area contributed by atoms with Crippen LogP contribution < -0.4 is 0 Å². The Hall–Kier alpha value is -3.03. The second-order valence-corrected chi connectivity index (χ2v) is 11.3. The van der Waals surface area contributed by atoms with E-state index in [0.717, 1.165) is 51.7 Å². The summed E-state index contributed by atoms with van der Waals surface area (Å²) >= 11 is 0. The van der Waals surface area contributed by atoms with Crippen LogP contribution in [-0.2, 0) is 16.4 Å². The van der Waals surface area contributed by atoms with Crippen LogP contribution in [0.2, 0.25) is 0 Å². The fraction of sp³-hybridized carbons (Fsp3) is 0.333. The van der Waals surface area contributed by atoms with Gasteiger partial charge in [-0.05, 0) is 54.5 Å². The highest BCUT2D eigenvalue weighted by atomic mass is 32.2. The van der Waals surface area contributed by atoms with Crippen molar-refractivity contribution in [3.63, 3.8) is 0 Å². The fourth-order valence-corrected chi connectivity index (χ4v) is 5.89. The molecule has 0 saturated carbocycles. The second-order valence-electron chi connectivity index (χ2n) is 9.21. The van der Waals surface area contributed by atoms with Crippen LogP contribution in [0.15, 0.2) is 54.6 Å². The lowest BCUT2D eigenvalue weighted by Crippen LogP contribution is -2.47. The van der Waals surface area contributed by atoms with E-state index in [0.29, 0.717) is 25.9 Å². The third-order valence-electron chi connectivity index (χ3n) is 7.09. The van der Waals surface area contributed by atoms with E-state index in [-0.39, 0.29) is 11.9 Å². The van der Waals surface area contributed by atoms with Gasteiger partial charge in [0.2, 0.25) is 10.0 Å². The van der Waals surface area contributed by atoms with Crippen molar-refractivity contribution < 1.29 is 13.2 Å². The van der Waals surface area contributed by atoms with Crippen molar-refractivity contribution in [2.75, 3.05) is 26.4 Å². The molecule has 1 fully saturated rings. The molecule has 0 radical (unpaired) electrons. The second kappa shape index (κ2) is 8.96. The number of piperidine rings is 1. The number of nitrogens with zero attached hydrogens (tertiary/aromatic N) is 3. The quantitative estimate of drug-likeness (QED) is 0.567. The Morgan fingerprint density at radius 1 is 1.03 bits per heavy atom. The molecule has 1 aliphatic carbocycles. The number of hydrogen-bond acceptors (Lipinski definition) is 4. The number of aromatic nitrogens is 1. The highest BCUT2D eigenvalue weighted by Crippen LogP contribution is 2.38. The van der Waals surface area contributed by atoms with Crippen molar-refractivity contribution >= 4 is 38.5 Å². The van der Waals surface area contributed by atoms with Gasteiger partial charge >= 0.3 is 0 Å². The maximum absolute atomic E-state index is 13.9. The van der Waals surface area contributed by atoms with Gasteiger partial charge in [-0.25, -0.2) is 17.7 Å². The van der Waals surface area contributed by atoms with Crippen molar-refractivity contribution in [3.8, 4) is 0 Å².